The lowest BCUT2D eigenvalue weighted by molar-refractivity contribution is -0.165. The summed E-state index contributed by atoms with van der Waals surface area (Å²) in [6, 6.07) is 2.37. The summed E-state index contributed by atoms with van der Waals surface area (Å²) in [5, 5.41) is 0. The smallest absolute Gasteiger partial charge is 0.330 e. The Labute approximate surface area is 165 Å². The molecule has 2 heterocycles. The van der Waals surface area contributed by atoms with Gasteiger partial charge in [-0.1, -0.05) is 11.6 Å². The summed E-state index contributed by atoms with van der Waals surface area (Å²) < 4.78 is 64.9. The zero-order valence-electron chi connectivity index (χ0n) is 14.9. The minimum Gasteiger partial charge on any atom is -0.330 e. The number of hydrogen-bond donors (Lipinski definition) is 0. The van der Waals surface area contributed by atoms with E-state index in [0.717, 1.165) is 16.2 Å². The van der Waals surface area contributed by atoms with E-state index in [2.05, 4.69) is 0 Å². The summed E-state index contributed by atoms with van der Waals surface area (Å²) in [7, 11) is -3.65. The Morgan fingerprint density at radius 2 is 1.85 bits per heavy atom. The van der Waals surface area contributed by atoms with Crippen LogP contribution >= 0.6 is 22.9 Å². The Balaban J connectivity index is 1.94. The van der Waals surface area contributed by atoms with Gasteiger partial charge in [0.25, 0.3) is 10.0 Å². The SMILES string of the molecule is CC(C)N(CC(F)(F)F)C(=O)CN1CCN(S(=O)(=O)c2ccc(Cl)s2)CC1. The number of piperazine rings is 1. The van der Waals surface area contributed by atoms with Crippen molar-refractivity contribution in [1.82, 2.24) is 14.1 Å². The van der Waals surface area contributed by atoms with E-state index in [-0.39, 0.29) is 36.9 Å². The van der Waals surface area contributed by atoms with Crippen molar-refractivity contribution in [1.29, 1.82) is 0 Å². The predicted octanol–water partition coefficient (Wildman–Crippen LogP) is 2.51. The predicted molar refractivity (Wildman–Crippen MR) is 97.4 cm³/mol. The third-order valence-electron chi connectivity index (χ3n) is 4.13. The minimum absolute atomic E-state index is 0.146. The highest BCUT2D eigenvalue weighted by Gasteiger charge is 2.35. The second-order valence-electron chi connectivity index (χ2n) is 6.47. The summed E-state index contributed by atoms with van der Waals surface area (Å²) in [5.74, 6) is -0.622. The minimum atomic E-state index is -4.46. The third-order valence-corrected chi connectivity index (χ3v) is 7.72. The monoisotopic (exact) mass is 447 g/mol. The first kappa shape index (κ1) is 22.4. The molecule has 27 heavy (non-hydrogen) atoms. The van der Waals surface area contributed by atoms with Gasteiger partial charge in [-0.25, -0.2) is 8.42 Å². The fourth-order valence-electron chi connectivity index (χ4n) is 2.73. The largest absolute Gasteiger partial charge is 0.406 e. The molecule has 2 rings (SSSR count). The fourth-order valence-corrected chi connectivity index (χ4v) is 5.78. The van der Waals surface area contributed by atoms with Crippen molar-refractivity contribution in [3.63, 3.8) is 0 Å². The highest BCUT2D eigenvalue weighted by atomic mass is 35.5. The van der Waals surface area contributed by atoms with E-state index in [1.165, 1.54) is 30.3 Å². The van der Waals surface area contributed by atoms with Gasteiger partial charge in [-0.15, -0.1) is 11.3 Å². The molecular weight excluding hydrogens is 427 g/mol. The van der Waals surface area contributed by atoms with Crippen LogP contribution in [0.25, 0.3) is 0 Å². The molecular formula is C15H21ClF3N3O3S2. The lowest BCUT2D eigenvalue weighted by Crippen LogP contribution is -2.53. The highest BCUT2D eigenvalue weighted by Crippen LogP contribution is 2.28. The van der Waals surface area contributed by atoms with Gasteiger partial charge in [-0.2, -0.15) is 17.5 Å². The number of alkyl halides is 3. The number of amides is 1. The van der Waals surface area contributed by atoms with Gasteiger partial charge in [0.2, 0.25) is 5.91 Å². The van der Waals surface area contributed by atoms with Crippen molar-refractivity contribution in [2.45, 2.75) is 30.3 Å². The maximum Gasteiger partial charge on any atom is 0.406 e. The molecule has 0 radical (unpaired) electrons. The molecule has 0 aliphatic carbocycles. The first-order chi connectivity index (χ1) is 12.4. The van der Waals surface area contributed by atoms with E-state index in [9.17, 15) is 26.4 Å². The molecule has 0 spiro atoms. The first-order valence-electron chi connectivity index (χ1n) is 8.24. The molecule has 1 aliphatic rings. The van der Waals surface area contributed by atoms with Gasteiger partial charge in [0.15, 0.2) is 0 Å². The van der Waals surface area contributed by atoms with Crippen LogP contribution in [0.4, 0.5) is 13.2 Å². The second-order valence-corrected chi connectivity index (χ2v) is 10.3. The molecule has 0 N–H and O–H groups in total. The Kier molecular flexibility index (Phi) is 7.17. The van der Waals surface area contributed by atoms with E-state index < -0.39 is 34.7 Å². The molecule has 154 valence electrons. The molecule has 0 aromatic carbocycles. The van der Waals surface area contributed by atoms with Gasteiger partial charge >= 0.3 is 6.18 Å². The van der Waals surface area contributed by atoms with Crippen LogP contribution in [0.15, 0.2) is 16.3 Å². The number of nitrogens with zero attached hydrogens (tertiary/aromatic N) is 3. The molecule has 1 aromatic heterocycles. The summed E-state index contributed by atoms with van der Waals surface area (Å²) in [5.41, 5.74) is 0. The third kappa shape index (κ3) is 6.05. The Morgan fingerprint density at radius 3 is 2.30 bits per heavy atom. The molecule has 1 aromatic rings. The van der Waals surface area contributed by atoms with Crippen molar-refractivity contribution < 1.29 is 26.4 Å². The average molecular weight is 448 g/mol. The average Bonchev–Trinajstić information content (AvgIpc) is 2.99. The summed E-state index contributed by atoms with van der Waals surface area (Å²) >= 11 is 6.76. The molecule has 6 nitrogen and oxygen atoms in total. The van der Waals surface area contributed by atoms with Gasteiger partial charge in [0.05, 0.1) is 10.9 Å². The van der Waals surface area contributed by atoms with Crippen LogP contribution in [0, 0.1) is 0 Å². The zero-order chi connectivity index (χ0) is 20.4. The van der Waals surface area contributed by atoms with Gasteiger partial charge in [-0.05, 0) is 26.0 Å². The van der Waals surface area contributed by atoms with Crippen molar-refractivity contribution in [3.05, 3.63) is 16.5 Å². The van der Waals surface area contributed by atoms with E-state index in [0.29, 0.717) is 4.34 Å². The normalized spacial score (nSPS) is 17.4. The van der Waals surface area contributed by atoms with Gasteiger partial charge in [-0.3, -0.25) is 9.69 Å². The van der Waals surface area contributed by atoms with Crippen LogP contribution in [-0.2, 0) is 14.8 Å². The lowest BCUT2D eigenvalue weighted by atomic mass is 10.2. The molecule has 0 saturated carbocycles. The van der Waals surface area contributed by atoms with Crippen LogP contribution in [-0.4, -0.2) is 79.9 Å². The summed E-state index contributed by atoms with van der Waals surface area (Å²) in [6.45, 7) is 2.44. The number of sulfonamides is 1. The molecule has 1 aliphatic heterocycles. The topological polar surface area (TPSA) is 60.9 Å². The summed E-state index contributed by atoms with van der Waals surface area (Å²) in [4.78, 5) is 14.7. The van der Waals surface area contributed by atoms with Gasteiger partial charge < -0.3 is 4.90 Å². The number of thiophene rings is 1. The first-order valence-corrected chi connectivity index (χ1v) is 10.9. The summed E-state index contributed by atoms with van der Waals surface area (Å²) in [6.07, 6.45) is -4.46. The maximum absolute atomic E-state index is 12.7. The second kappa shape index (κ2) is 8.64. The van der Waals surface area contributed by atoms with Crippen LogP contribution in [0.1, 0.15) is 13.8 Å². The molecule has 1 fully saturated rings. The molecule has 0 atom stereocenters. The van der Waals surface area contributed by atoms with Crippen molar-refractivity contribution in [2.24, 2.45) is 0 Å². The molecule has 1 amide bonds. The van der Waals surface area contributed by atoms with Crippen LogP contribution in [0.5, 0.6) is 0 Å². The highest BCUT2D eigenvalue weighted by molar-refractivity contribution is 7.91. The van der Waals surface area contributed by atoms with Crippen molar-refractivity contribution >= 4 is 38.9 Å². The quantitative estimate of drug-likeness (QED) is 0.672. The Hall–Kier alpha value is -0.880. The van der Waals surface area contributed by atoms with E-state index >= 15 is 0 Å². The fraction of sp³-hybridized carbons (Fsp3) is 0.667. The van der Waals surface area contributed by atoms with E-state index in [1.54, 1.807) is 4.90 Å². The number of halogens is 4. The van der Waals surface area contributed by atoms with Gasteiger partial charge in [0, 0.05) is 32.2 Å². The van der Waals surface area contributed by atoms with Gasteiger partial charge in [0.1, 0.15) is 10.8 Å². The number of hydrogen-bond acceptors (Lipinski definition) is 5. The van der Waals surface area contributed by atoms with Crippen LogP contribution < -0.4 is 0 Å². The number of carbonyl (C=O) groups excluding carboxylic acids is 1. The standard InChI is InChI=1S/C15H21ClF3N3O3S2/c1-11(2)22(10-15(17,18)19)13(23)9-20-5-7-21(8-6-20)27(24,25)14-4-3-12(16)26-14/h3-4,11H,5-10H2,1-2H3. The van der Waals surface area contributed by atoms with E-state index in [1.807, 2.05) is 0 Å². The van der Waals surface area contributed by atoms with Crippen LogP contribution in [0.2, 0.25) is 4.34 Å². The number of carbonyl (C=O) groups is 1. The molecule has 0 bridgehead atoms. The Morgan fingerprint density at radius 1 is 1.26 bits per heavy atom. The molecule has 1 saturated heterocycles. The maximum atomic E-state index is 12.7. The van der Waals surface area contributed by atoms with Crippen molar-refractivity contribution in [3.8, 4) is 0 Å². The zero-order valence-corrected chi connectivity index (χ0v) is 17.3. The Bertz CT molecular complexity index is 760. The van der Waals surface area contributed by atoms with E-state index in [4.69, 9.17) is 11.6 Å². The van der Waals surface area contributed by atoms with Crippen molar-refractivity contribution in [2.75, 3.05) is 39.3 Å². The van der Waals surface area contributed by atoms with Crippen LogP contribution in [0.3, 0.4) is 0 Å². The molecule has 12 heteroatoms. The molecule has 0 unspecified atom stereocenters. The number of rotatable bonds is 6. The lowest BCUT2D eigenvalue weighted by Gasteiger charge is -2.35.